The minimum absolute atomic E-state index is 0.0538. The van der Waals surface area contributed by atoms with Gasteiger partial charge in [0.15, 0.2) is 6.61 Å². The van der Waals surface area contributed by atoms with Crippen LogP contribution in [0.15, 0.2) is 53.1 Å². The Hall–Kier alpha value is -3.35. The van der Waals surface area contributed by atoms with Crippen LogP contribution in [0.3, 0.4) is 0 Å². The second-order valence-corrected chi connectivity index (χ2v) is 6.91. The van der Waals surface area contributed by atoms with Crippen molar-refractivity contribution in [3.63, 3.8) is 0 Å². The maximum atomic E-state index is 12.7. The fourth-order valence-corrected chi connectivity index (χ4v) is 3.32. The minimum Gasteiger partial charge on any atom is -0.497 e. The number of amides is 1. The average molecular weight is 393 g/mol. The van der Waals surface area contributed by atoms with Gasteiger partial charge in [-0.1, -0.05) is 17.3 Å². The molecule has 0 aliphatic carbocycles. The number of rotatable bonds is 6. The topological polar surface area (TPSA) is 77.7 Å². The summed E-state index contributed by atoms with van der Waals surface area (Å²) in [5.74, 6) is 2.30. The zero-order chi connectivity index (χ0) is 20.1. The molecule has 1 aromatic heterocycles. The molecule has 0 spiro atoms. The fraction of sp³-hybridized carbons (Fsp3) is 0.318. The van der Waals surface area contributed by atoms with Crippen LogP contribution in [0.5, 0.6) is 11.5 Å². The van der Waals surface area contributed by atoms with Gasteiger partial charge in [-0.2, -0.15) is 4.98 Å². The average Bonchev–Trinajstić information content (AvgIpc) is 3.27. The largest absolute Gasteiger partial charge is 0.497 e. The Labute approximate surface area is 169 Å². The van der Waals surface area contributed by atoms with Gasteiger partial charge in [0.1, 0.15) is 11.5 Å². The molecule has 0 radical (unpaired) electrons. The van der Waals surface area contributed by atoms with Crippen molar-refractivity contribution in [3.8, 4) is 22.9 Å². The van der Waals surface area contributed by atoms with E-state index in [4.69, 9.17) is 14.0 Å². The van der Waals surface area contributed by atoms with E-state index in [1.807, 2.05) is 53.4 Å². The highest BCUT2D eigenvalue weighted by atomic mass is 16.5. The zero-order valence-electron chi connectivity index (χ0n) is 16.3. The summed E-state index contributed by atoms with van der Waals surface area (Å²) in [6, 6.07) is 14.6. The van der Waals surface area contributed by atoms with Crippen molar-refractivity contribution in [1.29, 1.82) is 0 Å². The number of carbonyl (C=O) groups excluding carboxylic acids is 1. The third kappa shape index (κ3) is 4.56. The van der Waals surface area contributed by atoms with Crippen molar-refractivity contribution in [2.24, 2.45) is 0 Å². The van der Waals surface area contributed by atoms with E-state index in [2.05, 4.69) is 10.1 Å². The molecule has 4 rings (SSSR count). The predicted octanol–water partition coefficient (Wildman–Crippen LogP) is 3.95. The van der Waals surface area contributed by atoms with Crippen LogP contribution in [-0.2, 0) is 6.61 Å². The number of carbonyl (C=O) groups is 1. The van der Waals surface area contributed by atoms with Crippen LogP contribution in [0.25, 0.3) is 11.4 Å². The Kier molecular flexibility index (Phi) is 5.74. The summed E-state index contributed by atoms with van der Waals surface area (Å²) >= 11 is 0. The predicted molar refractivity (Wildman–Crippen MR) is 107 cm³/mol. The SMILES string of the molecule is COc1ccc(OCc2nc(-c3cccc(C(=O)N4CCCCC4)c3)no2)cc1. The number of aromatic nitrogens is 2. The third-order valence-corrected chi connectivity index (χ3v) is 4.90. The maximum Gasteiger partial charge on any atom is 0.264 e. The molecular weight excluding hydrogens is 370 g/mol. The Balaban J connectivity index is 1.42. The summed E-state index contributed by atoms with van der Waals surface area (Å²) in [5, 5.41) is 4.03. The second-order valence-electron chi connectivity index (χ2n) is 6.91. The van der Waals surface area contributed by atoms with Crippen molar-refractivity contribution < 1.29 is 18.8 Å². The number of benzene rings is 2. The monoisotopic (exact) mass is 393 g/mol. The molecule has 3 aromatic rings. The molecule has 7 heteroatoms. The summed E-state index contributed by atoms with van der Waals surface area (Å²) in [6.07, 6.45) is 3.32. The van der Waals surface area contributed by atoms with E-state index >= 15 is 0 Å². The molecule has 1 aliphatic heterocycles. The molecule has 0 atom stereocenters. The van der Waals surface area contributed by atoms with E-state index in [0.717, 1.165) is 37.2 Å². The Bertz CT molecular complexity index is 962. The van der Waals surface area contributed by atoms with Gasteiger partial charge in [-0.15, -0.1) is 0 Å². The Morgan fingerprint density at radius 3 is 2.59 bits per heavy atom. The van der Waals surface area contributed by atoms with Gasteiger partial charge in [0.05, 0.1) is 7.11 Å². The van der Waals surface area contributed by atoms with Crippen LogP contribution in [0.1, 0.15) is 35.5 Å². The normalized spacial score (nSPS) is 13.9. The van der Waals surface area contributed by atoms with E-state index in [1.54, 1.807) is 7.11 Å². The highest BCUT2D eigenvalue weighted by Crippen LogP contribution is 2.21. The molecule has 29 heavy (non-hydrogen) atoms. The first kappa shape index (κ1) is 19.0. The lowest BCUT2D eigenvalue weighted by Gasteiger charge is -2.26. The van der Waals surface area contributed by atoms with Gasteiger partial charge in [0.2, 0.25) is 5.82 Å². The van der Waals surface area contributed by atoms with Crippen molar-refractivity contribution in [2.45, 2.75) is 25.9 Å². The molecule has 0 unspecified atom stereocenters. The van der Waals surface area contributed by atoms with Crippen molar-refractivity contribution in [2.75, 3.05) is 20.2 Å². The van der Waals surface area contributed by atoms with Crippen molar-refractivity contribution in [1.82, 2.24) is 15.0 Å². The lowest BCUT2D eigenvalue weighted by Crippen LogP contribution is -2.35. The lowest BCUT2D eigenvalue weighted by molar-refractivity contribution is 0.0724. The van der Waals surface area contributed by atoms with Gasteiger partial charge in [-0.25, -0.2) is 0 Å². The summed E-state index contributed by atoms with van der Waals surface area (Å²) in [5.41, 5.74) is 1.39. The van der Waals surface area contributed by atoms with Gasteiger partial charge < -0.3 is 18.9 Å². The van der Waals surface area contributed by atoms with E-state index in [0.29, 0.717) is 23.0 Å². The quantitative estimate of drug-likeness (QED) is 0.631. The molecule has 2 aromatic carbocycles. The second kappa shape index (κ2) is 8.77. The van der Waals surface area contributed by atoms with E-state index < -0.39 is 0 Å². The number of ether oxygens (including phenoxy) is 2. The van der Waals surface area contributed by atoms with Gasteiger partial charge in [-0.05, 0) is 55.7 Å². The van der Waals surface area contributed by atoms with Crippen LogP contribution < -0.4 is 9.47 Å². The molecule has 7 nitrogen and oxygen atoms in total. The Morgan fingerprint density at radius 1 is 1.07 bits per heavy atom. The molecule has 150 valence electrons. The minimum atomic E-state index is 0.0538. The van der Waals surface area contributed by atoms with Gasteiger partial charge in [0, 0.05) is 24.2 Å². The molecule has 2 heterocycles. The van der Waals surface area contributed by atoms with E-state index in [1.165, 1.54) is 6.42 Å². The number of nitrogens with zero attached hydrogens (tertiary/aromatic N) is 3. The summed E-state index contributed by atoms with van der Waals surface area (Å²) in [7, 11) is 1.62. The highest BCUT2D eigenvalue weighted by molar-refractivity contribution is 5.95. The zero-order valence-corrected chi connectivity index (χ0v) is 16.3. The highest BCUT2D eigenvalue weighted by Gasteiger charge is 2.19. The summed E-state index contributed by atoms with van der Waals surface area (Å²) in [6.45, 7) is 1.79. The van der Waals surface area contributed by atoms with E-state index in [-0.39, 0.29) is 12.5 Å². The fourth-order valence-electron chi connectivity index (χ4n) is 3.32. The summed E-state index contributed by atoms with van der Waals surface area (Å²) in [4.78, 5) is 19.0. The van der Waals surface area contributed by atoms with Gasteiger partial charge >= 0.3 is 0 Å². The number of piperidine rings is 1. The van der Waals surface area contributed by atoms with Crippen LogP contribution in [-0.4, -0.2) is 41.1 Å². The standard InChI is InChI=1S/C22H23N3O4/c1-27-18-8-10-19(11-9-18)28-15-20-23-21(24-29-20)16-6-5-7-17(14-16)22(26)25-12-3-2-4-13-25/h5-11,14H,2-4,12-13,15H2,1H3. The number of hydrogen-bond acceptors (Lipinski definition) is 6. The molecule has 1 amide bonds. The third-order valence-electron chi connectivity index (χ3n) is 4.90. The van der Waals surface area contributed by atoms with E-state index in [9.17, 15) is 4.79 Å². The first-order chi connectivity index (χ1) is 14.2. The Morgan fingerprint density at radius 2 is 1.83 bits per heavy atom. The maximum absolute atomic E-state index is 12.7. The smallest absolute Gasteiger partial charge is 0.264 e. The van der Waals surface area contributed by atoms with Crippen LogP contribution in [0, 0.1) is 0 Å². The first-order valence-corrected chi connectivity index (χ1v) is 9.72. The molecule has 1 saturated heterocycles. The molecule has 1 aliphatic rings. The van der Waals surface area contributed by atoms with Gasteiger partial charge in [0.25, 0.3) is 11.8 Å². The lowest BCUT2D eigenvalue weighted by atomic mass is 10.1. The molecule has 0 bridgehead atoms. The molecule has 0 N–H and O–H groups in total. The molecule has 0 saturated carbocycles. The number of methoxy groups -OCH3 is 1. The van der Waals surface area contributed by atoms with Crippen LogP contribution >= 0.6 is 0 Å². The van der Waals surface area contributed by atoms with Gasteiger partial charge in [-0.3, -0.25) is 4.79 Å². The number of hydrogen-bond donors (Lipinski definition) is 0. The number of likely N-dealkylation sites (tertiary alicyclic amines) is 1. The van der Waals surface area contributed by atoms with Crippen molar-refractivity contribution in [3.05, 3.63) is 60.0 Å². The van der Waals surface area contributed by atoms with Crippen LogP contribution in [0.2, 0.25) is 0 Å². The van der Waals surface area contributed by atoms with Crippen molar-refractivity contribution >= 4 is 5.91 Å². The first-order valence-electron chi connectivity index (χ1n) is 9.72. The molecule has 1 fully saturated rings. The van der Waals surface area contributed by atoms with Crippen LogP contribution in [0.4, 0.5) is 0 Å². The summed E-state index contributed by atoms with van der Waals surface area (Å²) < 4.78 is 16.1. The molecular formula is C22H23N3O4.